The molecule has 0 heterocycles. The van der Waals surface area contributed by atoms with Gasteiger partial charge in [-0.25, -0.2) is 0 Å². The molecule has 105 valence electrons. The summed E-state index contributed by atoms with van der Waals surface area (Å²) < 4.78 is 11.6. The van der Waals surface area contributed by atoms with E-state index in [1.54, 1.807) is 0 Å². The molecule has 0 fully saturated rings. The van der Waals surface area contributed by atoms with Gasteiger partial charge in [0.1, 0.15) is 6.10 Å². The van der Waals surface area contributed by atoms with E-state index in [1.807, 2.05) is 55.5 Å². The monoisotopic (exact) mass is 289 g/mol. The van der Waals surface area contributed by atoms with Crippen LogP contribution < -0.4 is 9.47 Å². The van der Waals surface area contributed by atoms with Gasteiger partial charge in [0.2, 0.25) is 0 Å². The first kappa shape index (κ1) is 14.7. The number of halogens is 1. The Morgan fingerprint density at radius 1 is 1.05 bits per heavy atom. The third-order valence-corrected chi connectivity index (χ3v) is 3.28. The summed E-state index contributed by atoms with van der Waals surface area (Å²) in [5.41, 5.74) is 0.940. The molecule has 0 saturated carbocycles. The van der Waals surface area contributed by atoms with Crippen LogP contribution in [0.4, 0.5) is 0 Å². The molecule has 1 unspecified atom stereocenters. The fourth-order valence-corrected chi connectivity index (χ4v) is 2.25. The first-order valence-electron chi connectivity index (χ1n) is 6.68. The largest absolute Gasteiger partial charge is 0.490 e. The fourth-order valence-electron chi connectivity index (χ4n) is 1.99. The average Bonchev–Trinajstić information content (AvgIpc) is 2.47. The van der Waals surface area contributed by atoms with Crippen LogP contribution in [-0.4, -0.2) is 6.61 Å². The van der Waals surface area contributed by atoms with Crippen molar-refractivity contribution in [2.75, 3.05) is 6.61 Å². The zero-order valence-corrected chi connectivity index (χ0v) is 12.3. The molecule has 2 nitrogen and oxygen atoms in total. The molecule has 20 heavy (non-hydrogen) atoms. The number of hydrogen-bond donors (Lipinski definition) is 0. The standard InChI is InChI=1S/C17H18ClO2/c1-3-15(13-9-5-6-10-14(13)18)20-17-12-8-7-11-16(17)19-4-2/h5-12,15H,1,3-4H2,2H3. The third-order valence-electron chi connectivity index (χ3n) is 2.93. The van der Waals surface area contributed by atoms with Crippen molar-refractivity contribution in [3.63, 3.8) is 0 Å². The molecular weight excluding hydrogens is 272 g/mol. The van der Waals surface area contributed by atoms with E-state index in [4.69, 9.17) is 21.1 Å². The zero-order chi connectivity index (χ0) is 14.4. The summed E-state index contributed by atoms with van der Waals surface area (Å²) in [6, 6.07) is 15.3. The molecule has 0 N–H and O–H groups in total. The summed E-state index contributed by atoms with van der Waals surface area (Å²) in [5.74, 6) is 1.45. The molecule has 2 aromatic carbocycles. The predicted octanol–water partition coefficient (Wildman–Crippen LogP) is 5.08. The van der Waals surface area contributed by atoms with Gasteiger partial charge in [-0.3, -0.25) is 0 Å². The topological polar surface area (TPSA) is 18.5 Å². The maximum Gasteiger partial charge on any atom is 0.162 e. The fraction of sp³-hybridized carbons (Fsp3) is 0.235. The molecule has 1 atom stereocenters. The minimum atomic E-state index is -0.190. The number of ether oxygens (including phenoxy) is 2. The molecule has 2 rings (SSSR count). The number of para-hydroxylation sites is 2. The van der Waals surface area contributed by atoms with Crippen LogP contribution in [0.1, 0.15) is 25.0 Å². The second-order valence-corrected chi connectivity index (χ2v) is 4.70. The minimum absolute atomic E-state index is 0.190. The van der Waals surface area contributed by atoms with Crippen molar-refractivity contribution >= 4 is 11.6 Å². The molecule has 0 bridgehead atoms. The van der Waals surface area contributed by atoms with Crippen molar-refractivity contribution in [3.8, 4) is 11.5 Å². The van der Waals surface area contributed by atoms with Crippen molar-refractivity contribution in [1.82, 2.24) is 0 Å². The van der Waals surface area contributed by atoms with Gasteiger partial charge >= 0.3 is 0 Å². The van der Waals surface area contributed by atoms with E-state index in [0.717, 1.165) is 11.3 Å². The first-order valence-corrected chi connectivity index (χ1v) is 7.06. The Balaban J connectivity index is 2.25. The summed E-state index contributed by atoms with van der Waals surface area (Å²) in [6.07, 6.45) is 0.398. The molecule has 0 saturated heterocycles. The van der Waals surface area contributed by atoms with Gasteiger partial charge in [0.15, 0.2) is 11.5 Å². The lowest BCUT2D eigenvalue weighted by atomic mass is 10.1. The number of hydrogen-bond acceptors (Lipinski definition) is 2. The van der Waals surface area contributed by atoms with Gasteiger partial charge in [0.25, 0.3) is 0 Å². The van der Waals surface area contributed by atoms with Crippen molar-refractivity contribution in [2.24, 2.45) is 0 Å². The van der Waals surface area contributed by atoms with Crippen LogP contribution in [0.5, 0.6) is 11.5 Å². The summed E-state index contributed by atoms with van der Waals surface area (Å²) in [7, 11) is 0. The van der Waals surface area contributed by atoms with E-state index >= 15 is 0 Å². The third kappa shape index (κ3) is 3.45. The van der Waals surface area contributed by atoms with E-state index in [9.17, 15) is 0 Å². The highest BCUT2D eigenvalue weighted by molar-refractivity contribution is 6.31. The summed E-state index contributed by atoms with van der Waals surface area (Å²) in [6.45, 7) is 6.50. The van der Waals surface area contributed by atoms with Gasteiger partial charge in [0, 0.05) is 10.6 Å². The van der Waals surface area contributed by atoms with Gasteiger partial charge in [-0.05, 0) is 38.5 Å². The van der Waals surface area contributed by atoms with Crippen LogP contribution in [0.2, 0.25) is 5.02 Å². The molecule has 1 radical (unpaired) electrons. The maximum absolute atomic E-state index is 6.23. The van der Waals surface area contributed by atoms with Gasteiger partial charge in [0.05, 0.1) is 6.61 Å². The predicted molar refractivity (Wildman–Crippen MR) is 82.4 cm³/mol. The molecule has 0 aliphatic rings. The quantitative estimate of drug-likeness (QED) is 0.738. The van der Waals surface area contributed by atoms with E-state index in [-0.39, 0.29) is 6.10 Å². The lowest BCUT2D eigenvalue weighted by molar-refractivity contribution is 0.195. The molecule has 2 aromatic rings. The maximum atomic E-state index is 6.23. The Bertz CT molecular complexity index is 554. The molecule has 0 aliphatic heterocycles. The Labute approximate surface area is 125 Å². The van der Waals surface area contributed by atoms with Crippen molar-refractivity contribution in [1.29, 1.82) is 0 Å². The van der Waals surface area contributed by atoms with Crippen LogP contribution in [0.15, 0.2) is 48.5 Å². The lowest BCUT2D eigenvalue weighted by Gasteiger charge is -2.20. The SMILES string of the molecule is [CH2]CC(Oc1ccccc1OCC)c1ccccc1Cl. The van der Waals surface area contributed by atoms with Crippen LogP contribution in [-0.2, 0) is 0 Å². The molecule has 0 amide bonds. The lowest BCUT2D eigenvalue weighted by Crippen LogP contribution is -2.08. The molecule has 3 heteroatoms. The van der Waals surface area contributed by atoms with Gasteiger partial charge in [-0.1, -0.05) is 41.9 Å². The van der Waals surface area contributed by atoms with Gasteiger partial charge < -0.3 is 9.47 Å². The highest BCUT2D eigenvalue weighted by Gasteiger charge is 2.16. The summed E-state index contributed by atoms with van der Waals surface area (Å²) in [4.78, 5) is 0. The number of benzene rings is 2. The average molecular weight is 290 g/mol. The number of rotatable bonds is 6. The smallest absolute Gasteiger partial charge is 0.162 e. The molecule has 0 aliphatic carbocycles. The van der Waals surface area contributed by atoms with Crippen molar-refractivity contribution < 1.29 is 9.47 Å². The Morgan fingerprint density at radius 3 is 2.35 bits per heavy atom. The van der Waals surface area contributed by atoms with Crippen molar-refractivity contribution in [3.05, 3.63) is 66.0 Å². The van der Waals surface area contributed by atoms with Crippen LogP contribution in [0.3, 0.4) is 0 Å². The first-order chi connectivity index (χ1) is 9.76. The van der Waals surface area contributed by atoms with Gasteiger partial charge in [-0.15, -0.1) is 0 Å². The van der Waals surface area contributed by atoms with E-state index in [1.165, 1.54) is 0 Å². The molecule has 0 aromatic heterocycles. The Kier molecular flexibility index (Phi) is 5.31. The van der Waals surface area contributed by atoms with Crippen molar-refractivity contribution in [2.45, 2.75) is 19.4 Å². The second kappa shape index (κ2) is 7.20. The highest BCUT2D eigenvalue weighted by atomic mass is 35.5. The summed E-state index contributed by atoms with van der Waals surface area (Å²) in [5, 5.41) is 0.690. The zero-order valence-electron chi connectivity index (χ0n) is 11.5. The minimum Gasteiger partial charge on any atom is -0.490 e. The van der Waals surface area contributed by atoms with Crippen LogP contribution >= 0.6 is 11.6 Å². The van der Waals surface area contributed by atoms with E-state index < -0.39 is 0 Å². The molecule has 0 spiro atoms. The van der Waals surface area contributed by atoms with E-state index in [0.29, 0.717) is 23.8 Å². The van der Waals surface area contributed by atoms with Gasteiger partial charge in [-0.2, -0.15) is 0 Å². The molecular formula is C17H18ClO2. The normalized spacial score (nSPS) is 11.9. The van der Waals surface area contributed by atoms with Crippen LogP contribution in [0, 0.1) is 6.92 Å². The van der Waals surface area contributed by atoms with E-state index in [2.05, 4.69) is 6.92 Å². The highest BCUT2D eigenvalue weighted by Crippen LogP contribution is 2.34. The second-order valence-electron chi connectivity index (χ2n) is 4.30. The Hall–Kier alpha value is -1.67. The van der Waals surface area contributed by atoms with Crippen LogP contribution in [0.25, 0.3) is 0 Å². The summed E-state index contributed by atoms with van der Waals surface area (Å²) >= 11 is 6.23. The Morgan fingerprint density at radius 2 is 1.70 bits per heavy atom.